The van der Waals surface area contributed by atoms with Gasteiger partial charge in [-0.1, -0.05) is 6.92 Å². The highest BCUT2D eigenvalue weighted by atomic mass is 16.5. The van der Waals surface area contributed by atoms with E-state index >= 15 is 0 Å². The molecule has 0 aliphatic heterocycles. The number of amides is 1. The number of nitrogens with one attached hydrogen (secondary N) is 1. The SMILES string of the molecule is CCCOc1ccc(/C=N\NC(=O)COc2ccc3c(C)cc(=O)oc3c2)cc1. The predicted molar refractivity (Wildman–Crippen MR) is 111 cm³/mol. The summed E-state index contributed by atoms with van der Waals surface area (Å²) in [4.78, 5) is 23.4. The number of benzene rings is 2. The monoisotopic (exact) mass is 394 g/mol. The van der Waals surface area contributed by atoms with Crippen molar-refractivity contribution in [1.29, 1.82) is 0 Å². The summed E-state index contributed by atoms with van der Waals surface area (Å²) in [6.45, 7) is 4.33. The quantitative estimate of drug-likeness (QED) is 0.359. The molecule has 0 aliphatic carbocycles. The Kier molecular flexibility index (Phi) is 6.63. The van der Waals surface area contributed by atoms with E-state index in [4.69, 9.17) is 13.9 Å². The highest BCUT2D eigenvalue weighted by molar-refractivity contribution is 5.83. The number of hydrogen-bond acceptors (Lipinski definition) is 6. The highest BCUT2D eigenvalue weighted by Crippen LogP contribution is 2.22. The number of fused-ring (bicyclic) bond motifs is 1. The fraction of sp³-hybridized carbons (Fsp3) is 0.227. The Balaban J connectivity index is 1.51. The Morgan fingerprint density at radius 3 is 2.62 bits per heavy atom. The minimum Gasteiger partial charge on any atom is -0.494 e. The molecule has 7 heteroatoms. The van der Waals surface area contributed by atoms with Gasteiger partial charge in [0, 0.05) is 17.5 Å². The van der Waals surface area contributed by atoms with Crippen molar-refractivity contribution in [2.24, 2.45) is 5.10 Å². The molecule has 0 aliphatic rings. The summed E-state index contributed by atoms with van der Waals surface area (Å²) in [7, 11) is 0. The van der Waals surface area contributed by atoms with Crippen LogP contribution in [-0.2, 0) is 4.79 Å². The maximum absolute atomic E-state index is 11.9. The average Bonchev–Trinajstić information content (AvgIpc) is 2.71. The second-order valence-electron chi connectivity index (χ2n) is 6.41. The summed E-state index contributed by atoms with van der Waals surface area (Å²) >= 11 is 0. The van der Waals surface area contributed by atoms with Crippen molar-refractivity contribution < 1.29 is 18.7 Å². The molecule has 0 spiro atoms. The first-order valence-electron chi connectivity index (χ1n) is 9.27. The van der Waals surface area contributed by atoms with Crippen LogP contribution in [0.2, 0.25) is 0 Å². The molecule has 0 atom stereocenters. The van der Waals surface area contributed by atoms with Crippen LogP contribution in [0, 0.1) is 6.92 Å². The van der Waals surface area contributed by atoms with E-state index in [9.17, 15) is 9.59 Å². The molecule has 0 fully saturated rings. The molecule has 7 nitrogen and oxygen atoms in total. The molecule has 29 heavy (non-hydrogen) atoms. The molecule has 1 N–H and O–H groups in total. The Hall–Kier alpha value is -3.61. The summed E-state index contributed by atoms with van der Waals surface area (Å²) in [5.41, 5.74) is 4.04. The summed E-state index contributed by atoms with van der Waals surface area (Å²) in [6, 6.07) is 13.9. The maximum Gasteiger partial charge on any atom is 0.336 e. The van der Waals surface area contributed by atoms with Crippen LogP contribution in [0.1, 0.15) is 24.5 Å². The Labute approximate surface area is 167 Å². The normalized spacial score (nSPS) is 11.0. The zero-order valence-corrected chi connectivity index (χ0v) is 16.3. The lowest BCUT2D eigenvalue weighted by Crippen LogP contribution is -2.24. The van der Waals surface area contributed by atoms with Gasteiger partial charge < -0.3 is 13.9 Å². The second-order valence-corrected chi connectivity index (χ2v) is 6.41. The van der Waals surface area contributed by atoms with Crippen molar-refractivity contribution in [1.82, 2.24) is 5.43 Å². The van der Waals surface area contributed by atoms with Crippen LogP contribution < -0.4 is 20.5 Å². The minimum absolute atomic E-state index is 0.220. The van der Waals surface area contributed by atoms with Crippen LogP contribution in [0.15, 0.2) is 62.8 Å². The van der Waals surface area contributed by atoms with Gasteiger partial charge in [-0.3, -0.25) is 4.79 Å². The number of hydrogen-bond donors (Lipinski definition) is 1. The molecule has 0 bridgehead atoms. The van der Waals surface area contributed by atoms with Crippen molar-refractivity contribution >= 4 is 23.1 Å². The van der Waals surface area contributed by atoms with E-state index in [1.807, 2.05) is 38.1 Å². The van der Waals surface area contributed by atoms with Gasteiger partial charge in [0.05, 0.1) is 12.8 Å². The number of hydrazone groups is 1. The molecule has 1 aromatic heterocycles. The van der Waals surface area contributed by atoms with Gasteiger partial charge in [-0.05, 0) is 60.9 Å². The zero-order chi connectivity index (χ0) is 20.6. The molecule has 3 rings (SSSR count). The van der Waals surface area contributed by atoms with Crippen molar-refractivity contribution in [3.63, 3.8) is 0 Å². The van der Waals surface area contributed by atoms with Crippen LogP contribution >= 0.6 is 0 Å². The molecule has 2 aromatic carbocycles. The Morgan fingerprint density at radius 1 is 1.10 bits per heavy atom. The smallest absolute Gasteiger partial charge is 0.336 e. The van der Waals surface area contributed by atoms with Crippen LogP contribution in [-0.4, -0.2) is 25.3 Å². The number of carbonyl (C=O) groups excluding carboxylic acids is 1. The Morgan fingerprint density at radius 2 is 1.86 bits per heavy atom. The molecule has 0 saturated carbocycles. The number of aryl methyl sites for hydroxylation is 1. The molecular formula is C22H22N2O5. The van der Waals surface area contributed by atoms with Crippen LogP contribution in [0.5, 0.6) is 11.5 Å². The topological polar surface area (TPSA) is 90.1 Å². The third kappa shape index (κ3) is 5.68. The van der Waals surface area contributed by atoms with Gasteiger partial charge in [0.15, 0.2) is 6.61 Å². The van der Waals surface area contributed by atoms with Crippen molar-refractivity contribution in [3.8, 4) is 11.5 Å². The fourth-order valence-corrected chi connectivity index (χ4v) is 2.63. The molecule has 150 valence electrons. The molecule has 0 radical (unpaired) electrons. The average molecular weight is 394 g/mol. The van der Waals surface area contributed by atoms with E-state index in [0.717, 1.165) is 28.7 Å². The van der Waals surface area contributed by atoms with Crippen LogP contribution in [0.3, 0.4) is 0 Å². The van der Waals surface area contributed by atoms with E-state index < -0.39 is 11.5 Å². The van der Waals surface area contributed by atoms with Gasteiger partial charge in [0.1, 0.15) is 17.1 Å². The maximum atomic E-state index is 11.9. The largest absolute Gasteiger partial charge is 0.494 e. The van der Waals surface area contributed by atoms with E-state index in [1.54, 1.807) is 18.2 Å². The standard InChI is InChI=1S/C22H22N2O5/c1-3-10-27-17-6-4-16(5-7-17)13-23-24-21(25)14-28-18-8-9-19-15(2)11-22(26)29-20(19)12-18/h4-9,11-13H,3,10,14H2,1-2H3,(H,24,25)/b23-13-. The van der Waals surface area contributed by atoms with E-state index in [0.29, 0.717) is 17.9 Å². The highest BCUT2D eigenvalue weighted by Gasteiger charge is 2.06. The third-order valence-corrected chi connectivity index (χ3v) is 4.05. The van der Waals surface area contributed by atoms with Crippen molar-refractivity contribution in [3.05, 3.63) is 70.1 Å². The lowest BCUT2D eigenvalue weighted by molar-refractivity contribution is -0.123. The van der Waals surface area contributed by atoms with Gasteiger partial charge in [-0.2, -0.15) is 5.10 Å². The van der Waals surface area contributed by atoms with Gasteiger partial charge in [0.25, 0.3) is 5.91 Å². The first-order chi connectivity index (χ1) is 14.0. The molecule has 3 aromatic rings. The zero-order valence-electron chi connectivity index (χ0n) is 16.3. The number of nitrogens with zero attached hydrogens (tertiary/aromatic N) is 1. The predicted octanol–water partition coefficient (Wildman–Crippen LogP) is 3.42. The number of carbonyl (C=O) groups is 1. The lowest BCUT2D eigenvalue weighted by Gasteiger charge is -2.07. The van der Waals surface area contributed by atoms with E-state index in [1.165, 1.54) is 12.3 Å². The van der Waals surface area contributed by atoms with Gasteiger partial charge >= 0.3 is 5.63 Å². The molecule has 1 amide bonds. The second kappa shape index (κ2) is 9.54. The Bertz CT molecular complexity index is 1070. The molecule has 1 heterocycles. The van der Waals surface area contributed by atoms with E-state index in [2.05, 4.69) is 10.5 Å². The summed E-state index contributed by atoms with van der Waals surface area (Å²) in [5, 5.41) is 4.73. The van der Waals surface area contributed by atoms with Crippen LogP contribution in [0.25, 0.3) is 11.0 Å². The van der Waals surface area contributed by atoms with Crippen molar-refractivity contribution in [2.45, 2.75) is 20.3 Å². The molecule has 0 unspecified atom stereocenters. The first kappa shape index (κ1) is 20.1. The van der Waals surface area contributed by atoms with Gasteiger partial charge in [-0.25, -0.2) is 10.2 Å². The number of rotatable bonds is 8. The van der Waals surface area contributed by atoms with Crippen LogP contribution in [0.4, 0.5) is 0 Å². The lowest BCUT2D eigenvalue weighted by atomic mass is 10.1. The number of ether oxygens (including phenoxy) is 2. The van der Waals surface area contributed by atoms with E-state index in [-0.39, 0.29) is 6.61 Å². The van der Waals surface area contributed by atoms with Gasteiger partial charge in [-0.15, -0.1) is 0 Å². The summed E-state index contributed by atoms with van der Waals surface area (Å²) in [5.74, 6) is 0.811. The van der Waals surface area contributed by atoms with Gasteiger partial charge in [0.2, 0.25) is 0 Å². The summed E-state index contributed by atoms with van der Waals surface area (Å²) in [6.07, 6.45) is 2.49. The summed E-state index contributed by atoms with van der Waals surface area (Å²) < 4.78 is 16.1. The minimum atomic E-state index is -0.427. The molecule has 0 saturated heterocycles. The first-order valence-corrected chi connectivity index (χ1v) is 9.27. The third-order valence-electron chi connectivity index (χ3n) is 4.05. The van der Waals surface area contributed by atoms with Crippen molar-refractivity contribution in [2.75, 3.05) is 13.2 Å². The molecular weight excluding hydrogens is 372 g/mol. The fourth-order valence-electron chi connectivity index (χ4n) is 2.63.